The second-order valence-electron chi connectivity index (χ2n) is 4.74. The van der Waals surface area contributed by atoms with Crippen LogP contribution in [0.5, 0.6) is 0 Å². The molecule has 5 heteroatoms. The first-order valence-corrected chi connectivity index (χ1v) is 7.00. The van der Waals surface area contributed by atoms with Crippen molar-refractivity contribution < 1.29 is 5.11 Å². The molecule has 0 aliphatic rings. The minimum Gasteiger partial charge on any atom is -0.394 e. The fourth-order valence-electron chi connectivity index (χ4n) is 1.98. The Kier molecular flexibility index (Phi) is 7.60. The molecule has 1 rings (SSSR count). The van der Waals surface area contributed by atoms with Crippen molar-refractivity contribution in [3.8, 4) is 0 Å². The number of rotatable bonds is 10. The summed E-state index contributed by atoms with van der Waals surface area (Å²) in [5, 5.41) is 20.2. The van der Waals surface area contributed by atoms with Crippen LogP contribution in [0.25, 0.3) is 0 Å². The van der Waals surface area contributed by atoms with Crippen LogP contribution >= 0.6 is 0 Å². The first kappa shape index (κ1) is 15.1. The second-order valence-corrected chi connectivity index (χ2v) is 4.74. The maximum absolute atomic E-state index is 8.79. The van der Waals surface area contributed by atoms with Crippen LogP contribution in [-0.4, -0.2) is 33.3 Å². The van der Waals surface area contributed by atoms with E-state index in [0.717, 1.165) is 24.7 Å². The number of nitrogens with zero attached hydrogens (tertiary/aromatic N) is 3. The zero-order valence-corrected chi connectivity index (χ0v) is 11.6. The standard InChI is InChI=1S/C13H26N4O/c1-3-5-6-12(4-2)9-14-10-13-11-17(7-8-18)16-15-13/h11-12,14,18H,3-10H2,1-2H3. The van der Waals surface area contributed by atoms with Crippen LogP contribution in [0.4, 0.5) is 0 Å². The highest BCUT2D eigenvalue weighted by Gasteiger charge is 2.06. The Morgan fingerprint density at radius 3 is 2.94 bits per heavy atom. The summed E-state index contributed by atoms with van der Waals surface area (Å²) in [7, 11) is 0. The van der Waals surface area contributed by atoms with Crippen molar-refractivity contribution in [2.45, 2.75) is 52.6 Å². The maximum atomic E-state index is 8.79. The molecule has 2 N–H and O–H groups in total. The molecule has 104 valence electrons. The maximum Gasteiger partial charge on any atom is 0.0964 e. The lowest BCUT2D eigenvalue weighted by molar-refractivity contribution is 0.268. The van der Waals surface area contributed by atoms with E-state index in [0.29, 0.717) is 6.54 Å². The Bertz CT molecular complexity index is 314. The van der Waals surface area contributed by atoms with Crippen molar-refractivity contribution in [3.63, 3.8) is 0 Å². The topological polar surface area (TPSA) is 63.0 Å². The molecule has 1 unspecified atom stereocenters. The predicted octanol–water partition coefficient (Wildman–Crippen LogP) is 1.58. The van der Waals surface area contributed by atoms with E-state index in [9.17, 15) is 0 Å². The van der Waals surface area contributed by atoms with Gasteiger partial charge in [-0.3, -0.25) is 0 Å². The Morgan fingerprint density at radius 2 is 2.28 bits per heavy atom. The molecule has 0 aromatic carbocycles. The normalized spacial score (nSPS) is 12.8. The van der Waals surface area contributed by atoms with E-state index in [1.54, 1.807) is 4.68 Å². The third kappa shape index (κ3) is 5.60. The molecule has 0 saturated heterocycles. The number of hydrogen-bond donors (Lipinski definition) is 2. The molecule has 0 saturated carbocycles. The van der Waals surface area contributed by atoms with E-state index in [1.165, 1.54) is 25.7 Å². The van der Waals surface area contributed by atoms with E-state index >= 15 is 0 Å². The largest absolute Gasteiger partial charge is 0.394 e. The Balaban J connectivity index is 2.22. The van der Waals surface area contributed by atoms with E-state index in [-0.39, 0.29) is 6.61 Å². The quantitative estimate of drug-likeness (QED) is 0.665. The van der Waals surface area contributed by atoms with Gasteiger partial charge in [-0.1, -0.05) is 38.3 Å². The van der Waals surface area contributed by atoms with Crippen LogP contribution in [0.1, 0.15) is 45.2 Å². The predicted molar refractivity (Wildman–Crippen MR) is 72.1 cm³/mol. The molecule has 0 aliphatic heterocycles. The van der Waals surface area contributed by atoms with E-state index < -0.39 is 0 Å². The van der Waals surface area contributed by atoms with Crippen LogP contribution in [0.2, 0.25) is 0 Å². The summed E-state index contributed by atoms with van der Waals surface area (Å²) in [4.78, 5) is 0. The number of aromatic nitrogens is 3. The van der Waals surface area contributed by atoms with Gasteiger partial charge in [0.2, 0.25) is 0 Å². The van der Waals surface area contributed by atoms with Gasteiger partial charge in [-0.2, -0.15) is 0 Å². The number of nitrogens with one attached hydrogen (secondary N) is 1. The van der Waals surface area contributed by atoms with E-state index in [2.05, 4.69) is 29.5 Å². The summed E-state index contributed by atoms with van der Waals surface area (Å²) in [5.41, 5.74) is 0.939. The lowest BCUT2D eigenvalue weighted by Crippen LogP contribution is -2.22. The summed E-state index contributed by atoms with van der Waals surface area (Å²) in [6.07, 6.45) is 7.00. The van der Waals surface area contributed by atoms with Crippen molar-refractivity contribution in [2.75, 3.05) is 13.2 Å². The van der Waals surface area contributed by atoms with Gasteiger partial charge < -0.3 is 10.4 Å². The Labute approximate surface area is 110 Å². The SMILES string of the molecule is CCCCC(CC)CNCc1cn(CCO)nn1. The molecule has 1 heterocycles. The lowest BCUT2D eigenvalue weighted by Gasteiger charge is -2.14. The van der Waals surface area contributed by atoms with Gasteiger partial charge >= 0.3 is 0 Å². The van der Waals surface area contributed by atoms with Gasteiger partial charge in [0, 0.05) is 12.7 Å². The van der Waals surface area contributed by atoms with Crippen molar-refractivity contribution in [2.24, 2.45) is 5.92 Å². The first-order chi connectivity index (χ1) is 8.80. The number of hydrogen-bond acceptors (Lipinski definition) is 4. The van der Waals surface area contributed by atoms with E-state index in [1.807, 2.05) is 6.20 Å². The average molecular weight is 254 g/mol. The summed E-state index contributed by atoms with van der Waals surface area (Å²) in [6.45, 7) is 6.91. The molecular weight excluding hydrogens is 228 g/mol. The molecule has 0 fully saturated rings. The molecule has 18 heavy (non-hydrogen) atoms. The van der Waals surface area contributed by atoms with Crippen LogP contribution in [0.15, 0.2) is 6.20 Å². The van der Waals surface area contributed by atoms with E-state index in [4.69, 9.17) is 5.11 Å². The van der Waals surface area contributed by atoms with Crippen molar-refractivity contribution in [1.29, 1.82) is 0 Å². The monoisotopic (exact) mass is 254 g/mol. The fourth-order valence-corrected chi connectivity index (χ4v) is 1.98. The fraction of sp³-hybridized carbons (Fsp3) is 0.846. The van der Waals surface area contributed by atoms with Crippen LogP contribution in [0, 0.1) is 5.92 Å². The van der Waals surface area contributed by atoms with Crippen molar-refractivity contribution >= 4 is 0 Å². The zero-order chi connectivity index (χ0) is 13.2. The summed E-state index contributed by atoms with van der Waals surface area (Å²) < 4.78 is 1.67. The molecule has 1 aromatic heterocycles. The smallest absolute Gasteiger partial charge is 0.0964 e. The average Bonchev–Trinajstić information content (AvgIpc) is 2.82. The van der Waals surface area contributed by atoms with Crippen LogP contribution in [0.3, 0.4) is 0 Å². The molecular formula is C13H26N4O. The van der Waals surface area contributed by atoms with Crippen molar-refractivity contribution in [3.05, 3.63) is 11.9 Å². The molecule has 0 radical (unpaired) electrons. The van der Waals surface area contributed by atoms with Gasteiger partial charge in [0.05, 0.1) is 18.8 Å². The third-order valence-electron chi connectivity index (χ3n) is 3.20. The third-order valence-corrected chi connectivity index (χ3v) is 3.20. The highest BCUT2D eigenvalue weighted by atomic mass is 16.3. The van der Waals surface area contributed by atoms with Gasteiger partial charge in [-0.05, 0) is 18.9 Å². The summed E-state index contributed by atoms with van der Waals surface area (Å²) in [6, 6.07) is 0. The zero-order valence-electron chi connectivity index (χ0n) is 11.6. The molecule has 1 aromatic rings. The highest BCUT2D eigenvalue weighted by Crippen LogP contribution is 2.11. The van der Waals surface area contributed by atoms with Gasteiger partial charge in [-0.25, -0.2) is 4.68 Å². The minimum absolute atomic E-state index is 0.102. The molecule has 5 nitrogen and oxygen atoms in total. The molecule has 0 bridgehead atoms. The van der Waals surface area contributed by atoms with Gasteiger partial charge in [-0.15, -0.1) is 5.10 Å². The molecule has 0 aliphatic carbocycles. The molecule has 0 spiro atoms. The second kappa shape index (κ2) is 9.05. The number of aliphatic hydroxyl groups is 1. The van der Waals surface area contributed by atoms with Crippen LogP contribution in [-0.2, 0) is 13.1 Å². The number of aliphatic hydroxyl groups excluding tert-OH is 1. The Morgan fingerprint density at radius 1 is 1.44 bits per heavy atom. The summed E-state index contributed by atoms with van der Waals surface area (Å²) in [5.74, 6) is 0.762. The molecule has 0 amide bonds. The minimum atomic E-state index is 0.102. The Hall–Kier alpha value is -0.940. The van der Waals surface area contributed by atoms with Gasteiger partial charge in [0.15, 0.2) is 0 Å². The van der Waals surface area contributed by atoms with Crippen LogP contribution < -0.4 is 5.32 Å². The highest BCUT2D eigenvalue weighted by molar-refractivity contribution is 4.91. The first-order valence-electron chi connectivity index (χ1n) is 7.00. The van der Waals surface area contributed by atoms with Gasteiger partial charge in [0.25, 0.3) is 0 Å². The number of unbranched alkanes of at least 4 members (excludes halogenated alkanes) is 1. The van der Waals surface area contributed by atoms with Crippen molar-refractivity contribution in [1.82, 2.24) is 20.3 Å². The summed E-state index contributed by atoms with van der Waals surface area (Å²) >= 11 is 0. The lowest BCUT2D eigenvalue weighted by atomic mass is 9.99. The molecule has 1 atom stereocenters. The van der Waals surface area contributed by atoms with Gasteiger partial charge in [0.1, 0.15) is 0 Å².